The summed E-state index contributed by atoms with van der Waals surface area (Å²) in [4.78, 5) is 13.6. The second-order valence-corrected chi connectivity index (χ2v) is 37.4. The average molecular weight is 1160 g/mol. The fourth-order valence-corrected chi connectivity index (χ4v) is 19.6. The molecular weight excluding hydrogens is 1060 g/mol. The molecule has 8 aliphatic rings. The van der Waals surface area contributed by atoms with Gasteiger partial charge in [-0.25, -0.2) is 50.5 Å². The van der Waals surface area contributed by atoms with Crippen LogP contribution in [0.3, 0.4) is 0 Å². The van der Waals surface area contributed by atoms with Crippen LogP contribution in [-0.4, -0.2) is 263 Å². The first kappa shape index (κ1) is 66.7. The molecule has 8 aliphatic heterocycles. The van der Waals surface area contributed by atoms with Crippen molar-refractivity contribution in [3.63, 3.8) is 0 Å². The number of hydrogen-bond acceptors (Lipinski definition) is 18. The van der Waals surface area contributed by atoms with Crippen LogP contribution in [0.15, 0.2) is 0 Å². The Morgan fingerprint density at radius 1 is 0.370 bits per heavy atom. The molecule has 0 spiro atoms. The van der Waals surface area contributed by atoms with Gasteiger partial charge in [0.25, 0.3) is 0 Å². The first-order valence-electron chi connectivity index (χ1n) is 27.0. The van der Waals surface area contributed by atoms with E-state index in [2.05, 4.69) is 112 Å². The van der Waals surface area contributed by atoms with Gasteiger partial charge in [0.05, 0.1) is 56.5 Å². The summed E-state index contributed by atoms with van der Waals surface area (Å²) in [5, 5.41) is -0.201. The van der Waals surface area contributed by atoms with Crippen molar-refractivity contribution in [1.82, 2.24) is 29.4 Å². The number of likely N-dealkylation sites (tertiary alicyclic amines) is 4. The molecule has 0 aromatic heterocycles. The van der Waals surface area contributed by atoms with Crippen LogP contribution in [0.5, 0.6) is 0 Å². The fourth-order valence-electron chi connectivity index (χ4n) is 11.1. The number of sulfone groups is 6. The molecule has 0 aromatic carbocycles. The molecule has 24 heteroatoms. The van der Waals surface area contributed by atoms with Gasteiger partial charge in [0.1, 0.15) is 9.84 Å². The van der Waals surface area contributed by atoms with Crippen molar-refractivity contribution < 1.29 is 50.5 Å². The van der Waals surface area contributed by atoms with Gasteiger partial charge < -0.3 is 4.90 Å². The second kappa shape index (κ2) is 28.1. The van der Waals surface area contributed by atoms with Gasteiger partial charge in [-0.15, -0.1) is 0 Å². The Bertz CT molecular complexity index is 2300. The molecule has 8 heterocycles. The van der Waals surface area contributed by atoms with E-state index in [0.29, 0.717) is 126 Å². The van der Waals surface area contributed by atoms with Crippen LogP contribution in [0.25, 0.3) is 0 Å². The Hall–Kier alpha value is -0.540. The summed E-state index contributed by atoms with van der Waals surface area (Å²) in [7, 11) is -16.4. The maximum atomic E-state index is 11.5. The van der Waals surface area contributed by atoms with E-state index in [1.54, 1.807) is 0 Å². The molecule has 4 unspecified atom stereocenters. The smallest absolute Gasteiger partial charge is 0.152 e. The van der Waals surface area contributed by atoms with Gasteiger partial charge in [-0.05, 0) is 147 Å². The van der Waals surface area contributed by atoms with Gasteiger partial charge in [0, 0.05) is 107 Å². The number of rotatable bonds is 8. The summed E-state index contributed by atoms with van der Waals surface area (Å²) < 4.78 is 135. The molecule has 18 nitrogen and oxygen atoms in total. The minimum Gasteiger partial charge on any atom is -0.301 e. The highest BCUT2D eigenvalue weighted by Gasteiger charge is 2.44. The Morgan fingerprint density at radius 3 is 1.03 bits per heavy atom. The number of hydrogen-bond donors (Lipinski definition) is 0. The van der Waals surface area contributed by atoms with Crippen molar-refractivity contribution >= 4 is 59.0 Å². The third-order valence-corrected chi connectivity index (χ3v) is 26.0. The molecule has 434 valence electrons. The van der Waals surface area contributed by atoms with E-state index in [4.69, 9.17) is 0 Å². The highest BCUT2D eigenvalue weighted by Crippen LogP contribution is 2.33. The van der Waals surface area contributed by atoms with Crippen molar-refractivity contribution in [2.45, 2.75) is 174 Å². The molecule has 73 heavy (non-hydrogen) atoms. The van der Waals surface area contributed by atoms with Crippen molar-refractivity contribution in [1.29, 1.82) is 0 Å². The van der Waals surface area contributed by atoms with Crippen LogP contribution < -0.4 is 0 Å². The number of piperidine rings is 1. The maximum absolute atomic E-state index is 11.5. The number of fused-ring (bicyclic) bond motifs is 4. The van der Waals surface area contributed by atoms with E-state index in [1.165, 1.54) is 12.5 Å². The molecule has 0 radical (unpaired) electrons. The van der Waals surface area contributed by atoms with Crippen molar-refractivity contribution in [3.05, 3.63) is 0 Å². The van der Waals surface area contributed by atoms with Crippen LogP contribution in [-0.2, 0) is 59.0 Å². The average Bonchev–Trinajstić information content (AvgIpc) is 3.63. The summed E-state index contributed by atoms with van der Waals surface area (Å²) in [6, 6.07) is 3.57. The molecule has 8 rings (SSSR count). The largest absolute Gasteiger partial charge is 0.301 e. The zero-order valence-electron chi connectivity index (χ0n) is 47.2. The van der Waals surface area contributed by atoms with Gasteiger partial charge in [-0.1, -0.05) is 0 Å². The SMILES string of the molecule is CC(C)N1CC(S(C)(=O)=O)C1.CC(C)N1CC2CC1CS(=O)(=O)C2.CC(C)N1CC2CC1CS(=O)(=O)C2.CC(C)N1CCC(S(C)(=O)=O)CC1.CC(C)N1CCCS(=O)(=O)CC1.CC(C)N1CCS(=O)(=O)CC1. The molecule has 0 aromatic rings. The van der Waals surface area contributed by atoms with Gasteiger partial charge in [-0.2, -0.15) is 0 Å². The van der Waals surface area contributed by atoms with Crippen molar-refractivity contribution in [3.8, 4) is 0 Å². The number of nitrogens with zero attached hydrogens (tertiary/aromatic N) is 6. The van der Waals surface area contributed by atoms with E-state index in [-0.39, 0.29) is 10.5 Å². The van der Waals surface area contributed by atoms with Gasteiger partial charge >= 0.3 is 0 Å². The standard InChI is InChI=1S/2C9H17NO2S.C9H19NO2S.C8H17NO2S.2C7H15NO2S/c2*1-7(2)10-4-8-3-9(10)6-13(11,12)5-8;1-8(2)10-6-4-9(5-7-10)13(3,11)12;1-8(2)9-4-3-6-12(10,11)7-5-9;1-6(2)8-4-7(5-8)11(3,9)10;1-7(2)8-3-5-11(9,10)6-4-8/h2*7-9H,3-6H2,1-2H3;8-9H,4-7H2,1-3H3;8H,3-7H2,1-2H3;6-7H,4-5H2,1-3H3;7H,3-6H2,1-2H3. The lowest BCUT2D eigenvalue weighted by atomic mass is 10.1. The molecule has 4 bridgehead atoms. The Morgan fingerprint density at radius 2 is 0.699 bits per heavy atom. The van der Waals surface area contributed by atoms with Crippen molar-refractivity contribution in [2.75, 3.05) is 124 Å². The lowest BCUT2D eigenvalue weighted by Gasteiger charge is -2.40. The van der Waals surface area contributed by atoms with E-state index >= 15 is 0 Å². The minimum atomic E-state index is -2.80. The summed E-state index contributed by atoms with van der Waals surface area (Å²) >= 11 is 0. The lowest BCUT2D eigenvalue weighted by molar-refractivity contribution is 0.142. The fraction of sp³-hybridized carbons (Fsp3) is 1.00. The maximum Gasteiger partial charge on any atom is 0.152 e. The molecule has 0 saturated carbocycles. The zero-order chi connectivity index (χ0) is 55.7. The third-order valence-electron chi connectivity index (χ3n) is 15.7. The molecule has 0 amide bonds. The molecule has 8 fully saturated rings. The Labute approximate surface area is 446 Å². The predicted molar refractivity (Wildman–Crippen MR) is 300 cm³/mol. The quantitative estimate of drug-likeness (QED) is 0.341. The Balaban J connectivity index is 0.000000232. The third kappa shape index (κ3) is 23.0. The van der Waals surface area contributed by atoms with Gasteiger partial charge in [-0.3, -0.25) is 24.5 Å². The van der Waals surface area contributed by atoms with Crippen LogP contribution in [0.2, 0.25) is 0 Å². The van der Waals surface area contributed by atoms with E-state index in [1.807, 2.05) is 0 Å². The van der Waals surface area contributed by atoms with Crippen LogP contribution in [0.4, 0.5) is 0 Å². The van der Waals surface area contributed by atoms with Crippen LogP contribution in [0, 0.1) is 11.8 Å². The minimum absolute atomic E-state index is 0.0949. The van der Waals surface area contributed by atoms with Gasteiger partial charge in [0.2, 0.25) is 0 Å². The normalized spacial score (nSPS) is 29.1. The lowest BCUT2D eigenvalue weighted by Crippen LogP contribution is -2.56. The highest BCUT2D eigenvalue weighted by atomic mass is 32.2. The monoisotopic (exact) mass is 1160 g/mol. The Kier molecular flexibility index (Phi) is 25.6. The molecule has 0 aliphatic carbocycles. The van der Waals surface area contributed by atoms with Crippen LogP contribution >= 0.6 is 0 Å². The molecule has 0 N–H and O–H groups in total. The van der Waals surface area contributed by atoms with E-state index in [0.717, 1.165) is 77.9 Å². The van der Waals surface area contributed by atoms with Crippen molar-refractivity contribution in [2.24, 2.45) is 11.8 Å². The zero-order valence-corrected chi connectivity index (χ0v) is 52.1. The van der Waals surface area contributed by atoms with E-state index < -0.39 is 59.0 Å². The van der Waals surface area contributed by atoms with Crippen LogP contribution in [0.1, 0.15) is 115 Å². The summed E-state index contributed by atoms with van der Waals surface area (Å²) in [6.45, 7) is 33.8. The highest BCUT2D eigenvalue weighted by molar-refractivity contribution is 7.92. The molecule has 4 atom stereocenters. The first-order valence-corrected chi connectivity index (χ1v) is 38.2. The molecule has 8 saturated heterocycles. The summed E-state index contributed by atoms with van der Waals surface area (Å²) in [5.41, 5.74) is 0. The topological polar surface area (TPSA) is 224 Å². The van der Waals surface area contributed by atoms with Gasteiger partial charge in [0.15, 0.2) is 49.2 Å². The van der Waals surface area contributed by atoms with E-state index in [9.17, 15) is 50.5 Å². The predicted octanol–water partition coefficient (Wildman–Crippen LogP) is 2.70. The second-order valence-electron chi connectivity index (χ2n) is 23.8. The summed E-state index contributed by atoms with van der Waals surface area (Å²) in [5.74, 6) is 3.83. The first-order chi connectivity index (χ1) is 33.3. The molecular formula is C49H100N6O12S6. The summed E-state index contributed by atoms with van der Waals surface area (Å²) in [6.07, 6.45) is 7.25.